The van der Waals surface area contributed by atoms with Gasteiger partial charge in [0.2, 0.25) is 11.7 Å². The van der Waals surface area contributed by atoms with Crippen molar-refractivity contribution in [2.24, 2.45) is 11.1 Å². The van der Waals surface area contributed by atoms with Gasteiger partial charge in [-0.25, -0.2) is 9.78 Å². The standard InChI is InChI=1S/C18H20N4O4/c1-17(2,3)18(15(24)21-16(25)22-18)9-11-12(13(19)23)26-14(20-11)10-7-5-4-6-8-10/h4-8H,9H2,1-3H3,(H2,19,23)(H2,21,22,24,25)/t18-/m0/s1. The molecular weight excluding hydrogens is 336 g/mol. The van der Waals surface area contributed by atoms with E-state index in [-0.39, 0.29) is 23.8 Å². The van der Waals surface area contributed by atoms with Crippen LogP contribution in [0.15, 0.2) is 34.7 Å². The smallest absolute Gasteiger partial charge is 0.322 e. The Balaban J connectivity index is 2.08. The van der Waals surface area contributed by atoms with E-state index in [4.69, 9.17) is 10.2 Å². The number of hydrogen-bond acceptors (Lipinski definition) is 5. The fraction of sp³-hybridized carbons (Fsp3) is 0.333. The van der Waals surface area contributed by atoms with Gasteiger partial charge in [0.15, 0.2) is 0 Å². The van der Waals surface area contributed by atoms with Gasteiger partial charge in [-0.05, 0) is 17.5 Å². The van der Waals surface area contributed by atoms with Gasteiger partial charge in [0.25, 0.3) is 11.8 Å². The lowest BCUT2D eigenvalue weighted by Crippen LogP contribution is -2.58. The largest absolute Gasteiger partial charge is 0.431 e. The zero-order chi connectivity index (χ0) is 19.1. The number of rotatable bonds is 4. The molecule has 1 fully saturated rings. The van der Waals surface area contributed by atoms with Crippen molar-refractivity contribution in [3.05, 3.63) is 41.8 Å². The van der Waals surface area contributed by atoms with Gasteiger partial charge in [0.1, 0.15) is 5.54 Å². The van der Waals surface area contributed by atoms with Crippen LogP contribution < -0.4 is 16.4 Å². The van der Waals surface area contributed by atoms with Gasteiger partial charge in [-0.2, -0.15) is 0 Å². The number of nitrogens with one attached hydrogen (secondary N) is 2. The second kappa shape index (κ2) is 5.98. The molecule has 8 heteroatoms. The van der Waals surface area contributed by atoms with E-state index < -0.39 is 28.8 Å². The maximum atomic E-state index is 12.5. The minimum absolute atomic E-state index is 0.0251. The normalized spacial score (nSPS) is 20.0. The minimum Gasteiger partial charge on any atom is -0.431 e. The summed E-state index contributed by atoms with van der Waals surface area (Å²) in [6.07, 6.45) is -0.0251. The molecule has 136 valence electrons. The summed E-state index contributed by atoms with van der Waals surface area (Å²) in [6, 6.07) is 8.44. The molecule has 2 aromatic rings. The van der Waals surface area contributed by atoms with Gasteiger partial charge >= 0.3 is 6.03 Å². The topological polar surface area (TPSA) is 127 Å². The number of amides is 4. The van der Waals surface area contributed by atoms with Crippen LogP contribution in [-0.2, 0) is 11.2 Å². The summed E-state index contributed by atoms with van der Waals surface area (Å²) in [6.45, 7) is 5.46. The SMILES string of the molecule is CC(C)(C)[C@@]1(Cc2nc(-c3ccccc3)oc2C(N)=O)NC(=O)NC1=O. The van der Waals surface area contributed by atoms with Crippen molar-refractivity contribution in [3.63, 3.8) is 0 Å². The molecule has 0 radical (unpaired) electrons. The van der Waals surface area contributed by atoms with Crippen LogP contribution in [0.3, 0.4) is 0 Å². The van der Waals surface area contributed by atoms with Gasteiger partial charge in [0.05, 0.1) is 5.69 Å². The Hall–Kier alpha value is -3.16. The Morgan fingerprint density at radius 1 is 1.23 bits per heavy atom. The number of aromatic nitrogens is 1. The average Bonchev–Trinajstić information content (AvgIpc) is 3.10. The minimum atomic E-state index is -1.28. The average molecular weight is 356 g/mol. The van der Waals surface area contributed by atoms with Gasteiger partial charge in [0, 0.05) is 12.0 Å². The molecule has 0 saturated carbocycles. The van der Waals surface area contributed by atoms with E-state index in [1.54, 1.807) is 12.1 Å². The van der Waals surface area contributed by atoms with E-state index in [0.717, 1.165) is 0 Å². The highest BCUT2D eigenvalue weighted by Crippen LogP contribution is 2.37. The van der Waals surface area contributed by atoms with Gasteiger partial charge < -0.3 is 15.5 Å². The van der Waals surface area contributed by atoms with Crippen LogP contribution in [0.2, 0.25) is 0 Å². The van der Waals surface area contributed by atoms with Crippen molar-refractivity contribution in [1.82, 2.24) is 15.6 Å². The Kier molecular flexibility index (Phi) is 4.06. The number of nitrogens with two attached hydrogens (primary N) is 1. The third-order valence-electron chi connectivity index (χ3n) is 4.60. The predicted octanol–water partition coefficient (Wildman–Crippen LogP) is 1.61. The number of carbonyl (C=O) groups excluding carboxylic acids is 3. The highest BCUT2D eigenvalue weighted by molar-refractivity contribution is 6.07. The molecule has 1 aliphatic heterocycles. The maximum absolute atomic E-state index is 12.5. The molecule has 1 aliphatic rings. The zero-order valence-electron chi connectivity index (χ0n) is 14.8. The lowest BCUT2D eigenvalue weighted by atomic mass is 9.70. The molecule has 1 saturated heterocycles. The quantitative estimate of drug-likeness (QED) is 0.717. The molecule has 2 heterocycles. The molecule has 4 N–H and O–H groups in total. The van der Waals surface area contributed by atoms with E-state index in [0.29, 0.717) is 5.56 Å². The first-order valence-corrected chi connectivity index (χ1v) is 8.12. The van der Waals surface area contributed by atoms with Gasteiger partial charge in [-0.15, -0.1) is 0 Å². The van der Waals surface area contributed by atoms with Crippen molar-refractivity contribution < 1.29 is 18.8 Å². The number of imide groups is 1. The fourth-order valence-electron chi connectivity index (χ4n) is 3.03. The Labute approximate surface area is 150 Å². The molecule has 1 atom stereocenters. The molecule has 8 nitrogen and oxygen atoms in total. The van der Waals surface area contributed by atoms with Crippen LogP contribution in [0.1, 0.15) is 37.0 Å². The number of carbonyl (C=O) groups is 3. The summed E-state index contributed by atoms with van der Waals surface area (Å²) >= 11 is 0. The monoisotopic (exact) mass is 356 g/mol. The number of primary amides is 1. The summed E-state index contributed by atoms with van der Waals surface area (Å²) in [7, 11) is 0. The Morgan fingerprint density at radius 3 is 2.38 bits per heavy atom. The Bertz CT molecular complexity index is 882. The van der Waals surface area contributed by atoms with Crippen LogP contribution in [0.4, 0.5) is 4.79 Å². The maximum Gasteiger partial charge on any atom is 0.322 e. The summed E-state index contributed by atoms with van der Waals surface area (Å²) in [5.74, 6) is -1.16. The first kappa shape index (κ1) is 17.7. The number of benzene rings is 1. The number of oxazole rings is 1. The number of nitrogens with zero attached hydrogens (tertiary/aromatic N) is 1. The zero-order valence-corrected chi connectivity index (χ0v) is 14.8. The summed E-state index contributed by atoms with van der Waals surface area (Å²) in [5.41, 5.74) is 4.40. The van der Waals surface area contributed by atoms with Crippen molar-refractivity contribution >= 4 is 17.8 Å². The summed E-state index contributed by atoms with van der Waals surface area (Å²) in [4.78, 5) is 40.5. The van der Waals surface area contributed by atoms with Crippen molar-refractivity contribution in [3.8, 4) is 11.5 Å². The van der Waals surface area contributed by atoms with Crippen LogP contribution in [0, 0.1) is 5.41 Å². The van der Waals surface area contributed by atoms with Crippen molar-refractivity contribution in [1.29, 1.82) is 0 Å². The molecule has 1 aromatic carbocycles. The van der Waals surface area contributed by atoms with Gasteiger partial charge in [-0.1, -0.05) is 39.0 Å². The molecule has 4 amide bonds. The molecule has 0 bridgehead atoms. The van der Waals surface area contributed by atoms with Crippen LogP contribution in [0.5, 0.6) is 0 Å². The molecule has 3 rings (SSSR count). The van der Waals surface area contributed by atoms with E-state index >= 15 is 0 Å². The first-order valence-electron chi connectivity index (χ1n) is 8.12. The molecule has 1 aromatic heterocycles. The third kappa shape index (κ3) is 2.83. The van der Waals surface area contributed by atoms with E-state index in [9.17, 15) is 14.4 Å². The number of hydrogen-bond donors (Lipinski definition) is 3. The van der Waals surface area contributed by atoms with Crippen LogP contribution in [0.25, 0.3) is 11.5 Å². The first-order chi connectivity index (χ1) is 12.1. The summed E-state index contributed by atoms with van der Waals surface area (Å²) < 4.78 is 5.56. The van der Waals surface area contributed by atoms with Crippen molar-refractivity contribution in [2.75, 3.05) is 0 Å². The highest BCUT2D eigenvalue weighted by Gasteiger charge is 2.55. The lowest BCUT2D eigenvalue weighted by Gasteiger charge is -2.38. The number of urea groups is 1. The van der Waals surface area contributed by atoms with E-state index in [2.05, 4.69) is 15.6 Å². The van der Waals surface area contributed by atoms with Crippen molar-refractivity contribution in [2.45, 2.75) is 32.7 Å². The lowest BCUT2D eigenvalue weighted by molar-refractivity contribution is -0.127. The second-order valence-corrected chi connectivity index (χ2v) is 7.27. The molecular formula is C18H20N4O4. The van der Waals surface area contributed by atoms with Gasteiger partial charge in [-0.3, -0.25) is 14.9 Å². The predicted molar refractivity (Wildman–Crippen MR) is 93.0 cm³/mol. The molecule has 0 unspecified atom stereocenters. The van der Waals surface area contributed by atoms with Crippen LogP contribution in [-0.4, -0.2) is 28.4 Å². The van der Waals surface area contributed by atoms with Crippen LogP contribution >= 0.6 is 0 Å². The fourth-order valence-corrected chi connectivity index (χ4v) is 3.03. The third-order valence-corrected chi connectivity index (χ3v) is 4.60. The molecule has 0 aliphatic carbocycles. The Morgan fingerprint density at radius 2 is 1.88 bits per heavy atom. The molecule has 0 spiro atoms. The second-order valence-electron chi connectivity index (χ2n) is 7.27. The summed E-state index contributed by atoms with van der Waals surface area (Å²) in [5, 5.41) is 4.95. The molecule has 26 heavy (non-hydrogen) atoms. The highest BCUT2D eigenvalue weighted by atomic mass is 16.4. The van der Waals surface area contributed by atoms with E-state index in [1.165, 1.54) is 0 Å². The van der Waals surface area contributed by atoms with E-state index in [1.807, 2.05) is 39.0 Å².